The number of hydrogen-bond donors (Lipinski definition) is 3. The summed E-state index contributed by atoms with van der Waals surface area (Å²) in [6, 6.07) is 13.0. The molecule has 0 fully saturated rings. The summed E-state index contributed by atoms with van der Waals surface area (Å²) in [7, 11) is 0. The van der Waals surface area contributed by atoms with E-state index in [-0.39, 0.29) is 12.2 Å². The van der Waals surface area contributed by atoms with Gasteiger partial charge in [0.1, 0.15) is 0 Å². The van der Waals surface area contributed by atoms with Gasteiger partial charge >= 0.3 is 0 Å². The molecule has 1 atom stereocenters. The molecule has 1 unspecified atom stereocenters. The summed E-state index contributed by atoms with van der Waals surface area (Å²) in [6.07, 6.45) is 3.45. The van der Waals surface area contributed by atoms with E-state index in [0.717, 1.165) is 22.6 Å². The van der Waals surface area contributed by atoms with Crippen LogP contribution >= 0.6 is 11.6 Å². The van der Waals surface area contributed by atoms with Crippen molar-refractivity contribution < 1.29 is 0 Å². The number of anilines is 2. The van der Waals surface area contributed by atoms with Crippen LogP contribution in [0.5, 0.6) is 0 Å². The number of nitrogens with zero attached hydrogens (tertiary/aromatic N) is 3. The Kier molecular flexibility index (Phi) is 5.81. The van der Waals surface area contributed by atoms with Crippen molar-refractivity contribution in [2.24, 2.45) is 5.73 Å². The smallest absolute Gasteiger partial charge is 0.227 e. The van der Waals surface area contributed by atoms with Crippen LogP contribution < -0.4 is 17.2 Å². The van der Waals surface area contributed by atoms with Crippen molar-refractivity contribution in [3.8, 4) is 11.3 Å². The van der Waals surface area contributed by atoms with Crippen LogP contribution in [-0.4, -0.2) is 15.0 Å². The number of aromatic nitrogens is 3. The van der Waals surface area contributed by atoms with Gasteiger partial charge in [0, 0.05) is 34.7 Å². The summed E-state index contributed by atoms with van der Waals surface area (Å²) in [5.74, 6) is 0.504. The first-order valence-corrected chi connectivity index (χ1v) is 7.57. The summed E-state index contributed by atoms with van der Waals surface area (Å²) < 4.78 is 0. The molecule has 0 aliphatic rings. The van der Waals surface area contributed by atoms with Gasteiger partial charge in [-0.15, -0.1) is 0 Å². The van der Waals surface area contributed by atoms with E-state index in [1.165, 1.54) is 0 Å². The molecular weight excluding hydrogens is 324 g/mol. The molecule has 6 N–H and O–H groups in total. The second-order valence-corrected chi connectivity index (χ2v) is 5.60. The van der Waals surface area contributed by atoms with Crippen molar-refractivity contribution in [2.75, 3.05) is 5.32 Å². The third kappa shape index (κ3) is 4.26. The molecule has 24 heavy (non-hydrogen) atoms. The van der Waals surface area contributed by atoms with E-state index >= 15 is 0 Å². The van der Waals surface area contributed by atoms with Crippen LogP contribution in [0.15, 0.2) is 54.9 Å². The Labute approximate surface area is 145 Å². The first kappa shape index (κ1) is 17.8. The van der Waals surface area contributed by atoms with Crippen molar-refractivity contribution in [2.45, 2.75) is 13.0 Å². The van der Waals surface area contributed by atoms with Gasteiger partial charge in [-0.05, 0) is 43.3 Å². The molecule has 0 spiro atoms. The molecule has 3 aromatic rings. The fourth-order valence-corrected chi connectivity index (χ4v) is 2.32. The number of nitrogens with two attached hydrogens (primary N) is 1. The van der Waals surface area contributed by atoms with Gasteiger partial charge in [0.05, 0.1) is 11.4 Å². The van der Waals surface area contributed by atoms with Crippen LogP contribution in [0.2, 0.25) is 5.02 Å². The number of halogens is 1. The lowest BCUT2D eigenvalue weighted by Crippen LogP contribution is -2.07. The summed E-state index contributed by atoms with van der Waals surface area (Å²) >= 11 is 5.99. The molecule has 1 aromatic carbocycles. The van der Waals surface area contributed by atoms with Gasteiger partial charge < -0.3 is 17.2 Å². The molecule has 0 saturated heterocycles. The number of hydrogen-bond acceptors (Lipinski definition) is 6. The Morgan fingerprint density at radius 1 is 1.08 bits per heavy atom. The third-order valence-corrected chi connectivity index (χ3v) is 3.51. The minimum Gasteiger partial charge on any atom is -0.344 e. The summed E-state index contributed by atoms with van der Waals surface area (Å²) in [4.78, 5) is 13.0. The van der Waals surface area contributed by atoms with Crippen LogP contribution in [0, 0.1) is 0 Å². The first-order chi connectivity index (χ1) is 11.1. The number of rotatable bonds is 4. The molecule has 124 valence electrons. The van der Waals surface area contributed by atoms with Gasteiger partial charge in [-0.1, -0.05) is 17.7 Å². The monoisotopic (exact) mass is 342 g/mol. The predicted molar refractivity (Wildman–Crippen MR) is 97.6 cm³/mol. The van der Waals surface area contributed by atoms with Crippen molar-refractivity contribution in [1.82, 2.24) is 21.1 Å². The van der Waals surface area contributed by atoms with E-state index in [1.807, 2.05) is 49.4 Å². The second-order valence-electron chi connectivity index (χ2n) is 5.16. The summed E-state index contributed by atoms with van der Waals surface area (Å²) in [5.41, 5.74) is 9.29. The highest BCUT2D eigenvalue weighted by Gasteiger charge is 2.07. The van der Waals surface area contributed by atoms with E-state index in [4.69, 9.17) is 17.3 Å². The molecule has 2 aromatic heterocycles. The van der Waals surface area contributed by atoms with Crippen molar-refractivity contribution in [1.29, 1.82) is 0 Å². The first-order valence-electron chi connectivity index (χ1n) is 7.19. The fourth-order valence-electron chi connectivity index (χ4n) is 2.13. The average molecular weight is 343 g/mol. The summed E-state index contributed by atoms with van der Waals surface area (Å²) in [5, 5.41) is 3.80. The highest BCUT2D eigenvalue weighted by molar-refractivity contribution is 6.30. The molecule has 0 radical (unpaired) electrons. The molecule has 0 amide bonds. The highest BCUT2D eigenvalue weighted by atomic mass is 35.5. The zero-order valence-electron chi connectivity index (χ0n) is 13.3. The highest BCUT2D eigenvalue weighted by Crippen LogP contribution is 2.22. The van der Waals surface area contributed by atoms with Gasteiger partial charge in [-0.3, -0.25) is 4.98 Å². The topological polar surface area (TPSA) is 112 Å². The normalized spacial score (nSPS) is 11.5. The maximum atomic E-state index is 5.99. The largest absolute Gasteiger partial charge is 0.344 e. The van der Waals surface area contributed by atoms with E-state index in [9.17, 15) is 0 Å². The van der Waals surface area contributed by atoms with Crippen molar-refractivity contribution in [3.63, 3.8) is 0 Å². The van der Waals surface area contributed by atoms with Crippen LogP contribution in [-0.2, 0) is 0 Å². The standard InChI is InChI=1S/C17H16ClN5.H3N/c1-11(19)16-9-12(5-7-20-16)15-6-8-21-17(23-15)22-14-4-2-3-13(18)10-14;/h2-11H,19H2,1H3,(H,21,22,23);1H3. The quantitative estimate of drug-likeness (QED) is 0.657. The molecule has 0 saturated carbocycles. The van der Waals surface area contributed by atoms with E-state index in [0.29, 0.717) is 11.0 Å². The fraction of sp³-hybridized carbons (Fsp3) is 0.118. The Morgan fingerprint density at radius 2 is 1.88 bits per heavy atom. The van der Waals surface area contributed by atoms with Gasteiger partial charge in [-0.2, -0.15) is 0 Å². The number of pyridine rings is 1. The molecule has 0 aliphatic heterocycles. The maximum absolute atomic E-state index is 5.99. The minimum atomic E-state index is -0.124. The number of benzene rings is 1. The zero-order chi connectivity index (χ0) is 16.2. The molecular formula is C17H19ClN6. The van der Waals surface area contributed by atoms with Crippen molar-refractivity contribution in [3.05, 3.63) is 65.6 Å². The zero-order valence-corrected chi connectivity index (χ0v) is 14.0. The van der Waals surface area contributed by atoms with Gasteiger partial charge in [-0.25, -0.2) is 9.97 Å². The van der Waals surface area contributed by atoms with Gasteiger partial charge in [0.15, 0.2) is 0 Å². The van der Waals surface area contributed by atoms with Crippen LogP contribution in [0.4, 0.5) is 11.6 Å². The molecule has 3 rings (SSSR count). The molecule has 7 heteroatoms. The maximum Gasteiger partial charge on any atom is 0.227 e. The van der Waals surface area contributed by atoms with Crippen molar-refractivity contribution >= 4 is 23.2 Å². The van der Waals surface area contributed by atoms with E-state index < -0.39 is 0 Å². The van der Waals surface area contributed by atoms with Gasteiger partial charge in [0.25, 0.3) is 0 Å². The van der Waals surface area contributed by atoms with Crippen LogP contribution in [0.25, 0.3) is 11.3 Å². The van der Waals surface area contributed by atoms with E-state index in [1.54, 1.807) is 12.4 Å². The summed E-state index contributed by atoms with van der Waals surface area (Å²) in [6.45, 7) is 1.90. The predicted octanol–water partition coefficient (Wildman–Crippen LogP) is 4.12. The van der Waals surface area contributed by atoms with Crippen LogP contribution in [0.3, 0.4) is 0 Å². The lowest BCUT2D eigenvalue weighted by molar-refractivity contribution is 0.781. The average Bonchev–Trinajstić information content (AvgIpc) is 2.55. The van der Waals surface area contributed by atoms with E-state index in [2.05, 4.69) is 20.3 Å². The Bertz CT molecular complexity index is 821. The van der Waals surface area contributed by atoms with Gasteiger partial charge in [0.2, 0.25) is 5.95 Å². The Balaban J connectivity index is 0.00000208. The SMILES string of the molecule is CC(N)c1cc(-c2ccnc(Nc3cccc(Cl)c3)n2)ccn1.N. The molecule has 0 bridgehead atoms. The molecule has 2 heterocycles. The molecule has 0 aliphatic carbocycles. The molecule has 6 nitrogen and oxygen atoms in total. The Morgan fingerprint density at radius 3 is 2.62 bits per heavy atom. The number of nitrogens with one attached hydrogen (secondary N) is 1. The lowest BCUT2D eigenvalue weighted by atomic mass is 10.1. The second kappa shape index (κ2) is 7.83. The Hall–Kier alpha value is -2.54. The third-order valence-electron chi connectivity index (χ3n) is 3.28. The van der Waals surface area contributed by atoms with Crippen LogP contribution in [0.1, 0.15) is 18.7 Å². The lowest BCUT2D eigenvalue weighted by Gasteiger charge is -2.09. The minimum absolute atomic E-state index is 0.